The smallest absolute Gasteiger partial charge is 0.231 e. The van der Waals surface area contributed by atoms with Gasteiger partial charge in [0.2, 0.25) is 6.79 Å². The SMILES string of the molecule is Cc1ccc(CN)cc1Oc1ccc2c(c1)OCO2. The first-order chi connectivity index (χ1) is 9.26. The van der Waals surface area contributed by atoms with Gasteiger partial charge in [-0.25, -0.2) is 0 Å². The van der Waals surface area contributed by atoms with E-state index in [9.17, 15) is 0 Å². The number of fused-ring (bicyclic) bond motifs is 1. The summed E-state index contributed by atoms with van der Waals surface area (Å²) >= 11 is 0. The molecule has 0 amide bonds. The van der Waals surface area contributed by atoms with Gasteiger partial charge in [0, 0.05) is 12.6 Å². The second kappa shape index (κ2) is 4.82. The van der Waals surface area contributed by atoms with Crippen molar-refractivity contribution in [1.29, 1.82) is 0 Å². The first-order valence-corrected chi connectivity index (χ1v) is 6.13. The molecule has 0 radical (unpaired) electrons. The van der Waals surface area contributed by atoms with Gasteiger partial charge in [0.25, 0.3) is 0 Å². The number of ether oxygens (including phenoxy) is 3. The molecule has 2 N–H and O–H groups in total. The van der Waals surface area contributed by atoms with E-state index in [1.807, 2.05) is 43.3 Å². The summed E-state index contributed by atoms with van der Waals surface area (Å²) in [5, 5.41) is 0. The van der Waals surface area contributed by atoms with Crippen LogP contribution in [0.3, 0.4) is 0 Å². The Hall–Kier alpha value is -2.20. The van der Waals surface area contributed by atoms with E-state index in [0.717, 1.165) is 28.4 Å². The molecule has 0 saturated heterocycles. The van der Waals surface area contributed by atoms with E-state index >= 15 is 0 Å². The lowest BCUT2D eigenvalue weighted by atomic mass is 10.1. The summed E-state index contributed by atoms with van der Waals surface area (Å²) in [5.41, 5.74) is 7.75. The Balaban J connectivity index is 1.88. The number of hydrogen-bond acceptors (Lipinski definition) is 4. The maximum atomic E-state index is 5.89. The summed E-state index contributed by atoms with van der Waals surface area (Å²) in [4.78, 5) is 0. The van der Waals surface area contributed by atoms with E-state index < -0.39 is 0 Å². The molecule has 4 nitrogen and oxygen atoms in total. The summed E-state index contributed by atoms with van der Waals surface area (Å²) in [6.45, 7) is 2.76. The van der Waals surface area contributed by atoms with Crippen LogP contribution in [0.15, 0.2) is 36.4 Å². The molecule has 98 valence electrons. The van der Waals surface area contributed by atoms with Gasteiger partial charge in [-0.3, -0.25) is 0 Å². The number of rotatable bonds is 3. The van der Waals surface area contributed by atoms with Crippen molar-refractivity contribution in [2.45, 2.75) is 13.5 Å². The third-order valence-corrected chi connectivity index (χ3v) is 3.06. The molecule has 1 aliphatic heterocycles. The summed E-state index contributed by atoms with van der Waals surface area (Å²) < 4.78 is 16.5. The Morgan fingerprint density at radius 1 is 1.11 bits per heavy atom. The summed E-state index contributed by atoms with van der Waals surface area (Å²) in [6, 6.07) is 11.5. The Bertz CT molecular complexity index is 610. The minimum absolute atomic E-state index is 0.264. The van der Waals surface area contributed by atoms with E-state index in [2.05, 4.69) is 0 Å². The summed E-state index contributed by atoms with van der Waals surface area (Å²) in [6.07, 6.45) is 0. The topological polar surface area (TPSA) is 53.7 Å². The molecule has 0 saturated carbocycles. The molecule has 19 heavy (non-hydrogen) atoms. The zero-order valence-electron chi connectivity index (χ0n) is 10.7. The summed E-state index contributed by atoms with van der Waals surface area (Å²) in [7, 11) is 0. The molecule has 1 aliphatic rings. The van der Waals surface area contributed by atoms with Crippen LogP contribution in [0, 0.1) is 6.92 Å². The standard InChI is InChI=1S/C15H15NO3/c1-10-2-3-11(8-16)6-14(10)19-12-4-5-13-15(7-12)18-9-17-13/h2-7H,8-9,16H2,1H3. The van der Waals surface area contributed by atoms with Gasteiger partial charge in [0.05, 0.1) is 0 Å². The molecule has 0 bridgehead atoms. The number of hydrogen-bond donors (Lipinski definition) is 1. The molecule has 0 spiro atoms. The third kappa shape index (κ3) is 2.35. The fraction of sp³-hybridized carbons (Fsp3) is 0.200. The molecule has 0 unspecified atom stereocenters. The van der Waals surface area contributed by atoms with Crippen LogP contribution in [0.4, 0.5) is 0 Å². The van der Waals surface area contributed by atoms with Gasteiger partial charge in [-0.15, -0.1) is 0 Å². The van der Waals surface area contributed by atoms with Crippen LogP contribution in [-0.4, -0.2) is 6.79 Å². The predicted molar refractivity (Wildman–Crippen MR) is 71.7 cm³/mol. The van der Waals surface area contributed by atoms with Crippen molar-refractivity contribution in [2.75, 3.05) is 6.79 Å². The molecular formula is C15H15NO3. The number of benzene rings is 2. The van der Waals surface area contributed by atoms with Crippen LogP contribution >= 0.6 is 0 Å². The lowest BCUT2D eigenvalue weighted by Crippen LogP contribution is -1.97. The van der Waals surface area contributed by atoms with Crippen molar-refractivity contribution in [3.8, 4) is 23.0 Å². The predicted octanol–water partition coefficient (Wildman–Crippen LogP) is 2.97. The number of aryl methyl sites for hydroxylation is 1. The Kier molecular flexibility index (Phi) is 3.01. The zero-order valence-corrected chi connectivity index (χ0v) is 10.7. The number of nitrogens with two attached hydrogens (primary N) is 1. The highest BCUT2D eigenvalue weighted by Gasteiger charge is 2.14. The molecule has 4 heteroatoms. The first-order valence-electron chi connectivity index (χ1n) is 6.13. The molecule has 3 rings (SSSR count). The normalized spacial score (nSPS) is 12.5. The second-order valence-corrected chi connectivity index (χ2v) is 4.42. The fourth-order valence-electron chi connectivity index (χ4n) is 1.95. The molecule has 0 atom stereocenters. The van der Waals surface area contributed by atoms with E-state index in [4.69, 9.17) is 19.9 Å². The van der Waals surface area contributed by atoms with E-state index in [-0.39, 0.29) is 6.79 Å². The first kappa shape index (κ1) is 11.9. The average Bonchev–Trinajstić information content (AvgIpc) is 2.89. The van der Waals surface area contributed by atoms with Crippen LogP contribution < -0.4 is 19.9 Å². The van der Waals surface area contributed by atoms with Crippen molar-refractivity contribution in [1.82, 2.24) is 0 Å². The van der Waals surface area contributed by atoms with Gasteiger partial charge in [-0.05, 0) is 36.2 Å². The minimum Gasteiger partial charge on any atom is -0.457 e. The highest BCUT2D eigenvalue weighted by molar-refractivity contribution is 5.49. The Morgan fingerprint density at radius 3 is 2.79 bits per heavy atom. The van der Waals surface area contributed by atoms with E-state index in [0.29, 0.717) is 12.3 Å². The molecule has 2 aromatic rings. The lowest BCUT2D eigenvalue weighted by Gasteiger charge is -2.10. The van der Waals surface area contributed by atoms with Gasteiger partial charge < -0.3 is 19.9 Å². The van der Waals surface area contributed by atoms with E-state index in [1.165, 1.54) is 0 Å². The largest absolute Gasteiger partial charge is 0.457 e. The van der Waals surface area contributed by atoms with Crippen molar-refractivity contribution < 1.29 is 14.2 Å². The highest BCUT2D eigenvalue weighted by Crippen LogP contribution is 2.37. The van der Waals surface area contributed by atoms with Gasteiger partial charge in [0.15, 0.2) is 11.5 Å². The molecule has 2 aromatic carbocycles. The fourth-order valence-corrected chi connectivity index (χ4v) is 1.95. The van der Waals surface area contributed by atoms with Gasteiger partial charge in [0.1, 0.15) is 11.5 Å². The highest BCUT2D eigenvalue weighted by atomic mass is 16.7. The molecule has 1 heterocycles. The monoisotopic (exact) mass is 257 g/mol. The molecular weight excluding hydrogens is 242 g/mol. The maximum absolute atomic E-state index is 5.89. The summed E-state index contributed by atoms with van der Waals surface area (Å²) in [5.74, 6) is 2.99. The van der Waals surface area contributed by atoms with Gasteiger partial charge >= 0.3 is 0 Å². The van der Waals surface area contributed by atoms with Crippen molar-refractivity contribution >= 4 is 0 Å². The van der Waals surface area contributed by atoms with Crippen LogP contribution in [0.5, 0.6) is 23.0 Å². The van der Waals surface area contributed by atoms with Crippen LogP contribution in [0.1, 0.15) is 11.1 Å². The lowest BCUT2D eigenvalue weighted by molar-refractivity contribution is 0.174. The minimum atomic E-state index is 0.264. The quantitative estimate of drug-likeness (QED) is 0.918. The second-order valence-electron chi connectivity index (χ2n) is 4.42. The Labute approximate surface area is 111 Å². The van der Waals surface area contributed by atoms with Crippen molar-refractivity contribution in [3.63, 3.8) is 0 Å². The molecule has 0 fully saturated rings. The van der Waals surface area contributed by atoms with Gasteiger partial charge in [-0.2, -0.15) is 0 Å². The maximum Gasteiger partial charge on any atom is 0.231 e. The third-order valence-electron chi connectivity index (χ3n) is 3.06. The zero-order chi connectivity index (χ0) is 13.2. The Morgan fingerprint density at radius 2 is 1.95 bits per heavy atom. The molecule has 0 aliphatic carbocycles. The van der Waals surface area contributed by atoms with Crippen LogP contribution in [0.2, 0.25) is 0 Å². The van der Waals surface area contributed by atoms with Crippen LogP contribution in [0.25, 0.3) is 0 Å². The average molecular weight is 257 g/mol. The van der Waals surface area contributed by atoms with E-state index in [1.54, 1.807) is 0 Å². The molecule has 0 aromatic heterocycles. The van der Waals surface area contributed by atoms with Crippen LogP contribution in [-0.2, 0) is 6.54 Å². The van der Waals surface area contributed by atoms with Gasteiger partial charge in [-0.1, -0.05) is 12.1 Å². The van der Waals surface area contributed by atoms with Crippen molar-refractivity contribution in [2.24, 2.45) is 5.73 Å². The van der Waals surface area contributed by atoms with Crippen molar-refractivity contribution in [3.05, 3.63) is 47.5 Å².